The lowest BCUT2D eigenvalue weighted by Gasteiger charge is -1.82. The normalized spacial score (nSPS) is 8.33. The van der Waals surface area contributed by atoms with E-state index < -0.39 is 0 Å². The lowest BCUT2D eigenvalue weighted by molar-refractivity contribution is -0.440. The van der Waals surface area contributed by atoms with Crippen molar-refractivity contribution in [1.29, 1.82) is 0 Å². The van der Waals surface area contributed by atoms with E-state index in [1.165, 1.54) is 6.92 Å². The van der Waals surface area contributed by atoms with E-state index in [9.17, 15) is 4.79 Å². The largest absolute Gasteiger partial charge is 0.298 e. The minimum atomic E-state index is 0.116. The molecule has 0 bridgehead atoms. The Kier molecular flexibility index (Phi) is 2.62. The van der Waals surface area contributed by atoms with Gasteiger partial charge in [0.1, 0.15) is 12.3 Å². The minimum Gasteiger partial charge on any atom is -0.298 e. The van der Waals surface area contributed by atoms with Crippen LogP contribution in [0.5, 0.6) is 0 Å². The van der Waals surface area contributed by atoms with Gasteiger partial charge in [0.15, 0.2) is 0 Å². The first-order valence-corrected chi connectivity index (χ1v) is 1.76. The van der Waals surface area contributed by atoms with Crippen LogP contribution in [0, 0.1) is 0 Å². The quantitative estimate of drug-likeness (QED) is 0.397. The van der Waals surface area contributed by atoms with Crippen LogP contribution in [0.15, 0.2) is 0 Å². The van der Waals surface area contributed by atoms with Crippen LogP contribution in [-0.2, 0) is 4.79 Å². The van der Waals surface area contributed by atoms with Gasteiger partial charge >= 0.3 is 0 Å². The summed E-state index contributed by atoms with van der Waals surface area (Å²) in [5.41, 5.74) is 2.47. The SMILES string of the molecule is CC(=O)CN[NH3+]. The molecule has 6 heavy (non-hydrogen) atoms. The van der Waals surface area contributed by atoms with Crippen LogP contribution >= 0.6 is 0 Å². The monoisotopic (exact) mass is 89.1 g/mol. The lowest BCUT2D eigenvalue weighted by Crippen LogP contribution is -2.65. The number of quaternary nitrogens is 1. The molecule has 0 aliphatic heterocycles. The maximum absolute atomic E-state index is 9.94. The summed E-state index contributed by atoms with van der Waals surface area (Å²) < 4.78 is 0. The Labute approximate surface area is 36.5 Å². The number of Topliss-reactive ketones (excluding diaryl/α,β-unsaturated/α-hetero) is 1. The highest BCUT2D eigenvalue weighted by Gasteiger charge is 1.84. The van der Waals surface area contributed by atoms with Crippen LogP contribution in [0.2, 0.25) is 0 Å². The van der Waals surface area contributed by atoms with E-state index in [0.717, 1.165) is 0 Å². The Balaban J connectivity index is 2.83. The van der Waals surface area contributed by atoms with Crippen molar-refractivity contribution in [1.82, 2.24) is 5.43 Å². The van der Waals surface area contributed by atoms with Crippen molar-refractivity contribution < 1.29 is 10.6 Å². The molecule has 0 amide bonds. The van der Waals surface area contributed by atoms with E-state index in [0.29, 0.717) is 6.54 Å². The fraction of sp³-hybridized carbons (Fsp3) is 0.667. The predicted molar refractivity (Wildman–Crippen MR) is 21.6 cm³/mol. The molecular formula is C3H9N2O+. The van der Waals surface area contributed by atoms with E-state index >= 15 is 0 Å². The minimum absolute atomic E-state index is 0.116. The van der Waals surface area contributed by atoms with Crippen LogP contribution in [0.4, 0.5) is 0 Å². The molecule has 0 aromatic heterocycles. The van der Waals surface area contributed by atoms with Crippen molar-refractivity contribution in [2.24, 2.45) is 0 Å². The van der Waals surface area contributed by atoms with Gasteiger partial charge in [-0.05, 0) is 6.92 Å². The predicted octanol–water partition coefficient (Wildman–Crippen LogP) is -1.68. The van der Waals surface area contributed by atoms with Crippen LogP contribution in [0.3, 0.4) is 0 Å². The number of nitrogens with one attached hydrogen (secondary N) is 1. The van der Waals surface area contributed by atoms with Gasteiger partial charge in [-0.25, -0.2) is 0 Å². The molecule has 0 saturated carbocycles. The first kappa shape index (κ1) is 5.59. The van der Waals surface area contributed by atoms with Gasteiger partial charge in [0.25, 0.3) is 0 Å². The molecule has 0 aromatic carbocycles. The molecule has 3 heteroatoms. The molecule has 0 aliphatic rings. The summed E-state index contributed by atoms with van der Waals surface area (Å²) >= 11 is 0. The highest BCUT2D eigenvalue weighted by atomic mass is 16.1. The molecule has 0 aliphatic carbocycles. The zero-order valence-electron chi connectivity index (χ0n) is 3.82. The van der Waals surface area contributed by atoms with Crippen molar-refractivity contribution in [3.05, 3.63) is 0 Å². The molecule has 0 heterocycles. The van der Waals surface area contributed by atoms with Crippen molar-refractivity contribution in [2.45, 2.75) is 6.92 Å². The number of ketones is 1. The first-order valence-electron chi connectivity index (χ1n) is 1.76. The molecule has 0 spiro atoms. The molecule has 0 fully saturated rings. The molecule has 0 rings (SSSR count). The van der Waals surface area contributed by atoms with E-state index in [1.54, 1.807) is 0 Å². The molecule has 0 atom stereocenters. The summed E-state index contributed by atoms with van der Waals surface area (Å²) in [6.45, 7) is 1.89. The maximum Gasteiger partial charge on any atom is 0.148 e. The maximum atomic E-state index is 9.94. The van der Waals surface area contributed by atoms with E-state index in [-0.39, 0.29) is 5.78 Å². The number of carbonyl (C=O) groups is 1. The number of carbonyl (C=O) groups excluding carboxylic acids is 1. The van der Waals surface area contributed by atoms with Crippen molar-refractivity contribution in [2.75, 3.05) is 6.54 Å². The van der Waals surface area contributed by atoms with Crippen LogP contribution < -0.4 is 11.3 Å². The average Bonchev–Trinajstić information content (AvgIpc) is 1.35. The molecule has 0 radical (unpaired) electrons. The van der Waals surface area contributed by atoms with Gasteiger partial charge in [0, 0.05) is 0 Å². The van der Waals surface area contributed by atoms with E-state index in [1.807, 2.05) is 0 Å². The third kappa shape index (κ3) is 3.59. The van der Waals surface area contributed by atoms with Gasteiger partial charge in [0.05, 0.1) is 0 Å². The zero-order valence-corrected chi connectivity index (χ0v) is 3.82. The van der Waals surface area contributed by atoms with Gasteiger partial charge in [-0.3, -0.25) is 10.6 Å². The Hall–Kier alpha value is -0.410. The molecule has 0 aromatic rings. The number of hydrogen-bond donors (Lipinski definition) is 2. The highest BCUT2D eigenvalue weighted by Crippen LogP contribution is 1.54. The van der Waals surface area contributed by atoms with Crippen LogP contribution in [0.25, 0.3) is 0 Å². The van der Waals surface area contributed by atoms with Crippen molar-refractivity contribution >= 4 is 5.78 Å². The van der Waals surface area contributed by atoms with Crippen molar-refractivity contribution in [3.8, 4) is 0 Å². The van der Waals surface area contributed by atoms with E-state index in [2.05, 4.69) is 11.3 Å². The summed E-state index contributed by atoms with van der Waals surface area (Å²) in [4.78, 5) is 9.94. The standard InChI is InChI=1S/C3H8N2O/c1-3(6)2-5-4/h5H,2,4H2,1H3/p+1. The van der Waals surface area contributed by atoms with Crippen LogP contribution in [-0.4, -0.2) is 12.3 Å². The average molecular weight is 89.1 g/mol. The first-order chi connectivity index (χ1) is 2.77. The number of rotatable bonds is 2. The smallest absolute Gasteiger partial charge is 0.148 e. The second-order valence-electron chi connectivity index (χ2n) is 1.13. The van der Waals surface area contributed by atoms with Gasteiger partial charge in [0.2, 0.25) is 0 Å². The topological polar surface area (TPSA) is 56.7 Å². The molecule has 36 valence electrons. The molecular weight excluding hydrogens is 80.0 g/mol. The molecule has 4 N–H and O–H groups in total. The zero-order chi connectivity index (χ0) is 4.99. The fourth-order valence-corrected chi connectivity index (χ4v) is 0.176. The number of hydrogen-bond acceptors (Lipinski definition) is 2. The Morgan fingerprint density at radius 1 is 2.00 bits per heavy atom. The molecule has 0 unspecified atom stereocenters. The Morgan fingerprint density at radius 2 is 2.50 bits per heavy atom. The molecule has 3 nitrogen and oxygen atoms in total. The molecule has 0 saturated heterocycles. The summed E-state index contributed by atoms with van der Waals surface area (Å²) in [5, 5.41) is 0. The summed E-state index contributed by atoms with van der Waals surface area (Å²) in [7, 11) is 0. The Bertz CT molecular complexity index is 52.8. The van der Waals surface area contributed by atoms with Gasteiger partial charge in [-0.1, -0.05) is 0 Å². The third-order valence-corrected chi connectivity index (χ3v) is 0.374. The van der Waals surface area contributed by atoms with Crippen molar-refractivity contribution in [3.63, 3.8) is 0 Å². The second-order valence-corrected chi connectivity index (χ2v) is 1.13. The van der Waals surface area contributed by atoms with Gasteiger partial charge in [-0.15, -0.1) is 0 Å². The van der Waals surface area contributed by atoms with Crippen LogP contribution in [0.1, 0.15) is 6.92 Å². The van der Waals surface area contributed by atoms with E-state index in [4.69, 9.17) is 0 Å². The fourth-order valence-electron chi connectivity index (χ4n) is 0.176. The lowest BCUT2D eigenvalue weighted by atomic mass is 10.5. The second kappa shape index (κ2) is 2.81. The third-order valence-electron chi connectivity index (χ3n) is 0.374. The van der Waals surface area contributed by atoms with Gasteiger partial charge < -0.3 is 0 Å². The Morgan fingerprint density at radius 3 is 2.50 bits per heavy atom. The summed E-state index contributed by atoms with van der Waals surface area (Å²) in [6.07, 6.45) is 0. The highest BCUT2D eigenvalue weighted by molar-refractivity contribution is 5.77. The summed E-state index contributed by atoms with van der Waals surface area (Å²) in [5.74, 6) is 3.37. The van der Waals surface area contributed by atoms with Gasteiger partial charge in [-0.2, -0.15) is 5.43 Å². The summed E-state index contributed by atoms with van der Waals surface area (Å²) in [6, 6.07) is 0.